The lowest BCUT2D eigenvalue weighted by atomic mass is 10.1. The van der Waals surface area contributed by atoms with Crippen molar-refractivity contribution in [2.24, 2.45) is 0 Å². The number of methoxy groups -OCH3 is 1. The highest BCUT2D eigenvalue weighted by atomic mass is 16.5. The van der Waals surface area contributed by atoms with E-state index >= 15 is 0 Å². The molecule has 0 N–H and O–H groups in total. The summed E-state index contributed by atoms with van der Waals surface area (Å²) in [6.07, 6.45) is 4.77. The van der Waals surface area contributed by atoms with E-state index in [2.05, 4.69) is 14.7 Å². The van der Waals surface area contributed by atoms with Crippen molar-refractivity contribution >= 4 is 11.5 Å². The quantitative estimate of drug-likeness (QED) is 0.524. The molecule has 0 atom stereocenters. The number of aromatic nitrogens is 2. The minimum Gasteiger partial charge on any atom is -0.466 e. The number of carbonyl (C=O) groups is 1. The van der Waals surface area contributed by atoms with Gasteiger partial charge in [-0.3, -0.25) is 0 Å². The summed E-state index contributed by atoms with van der Waals surface area (Å²) in [5.74, 6) is 0.336. The van der Waals surface area contributed by atoms with Gasteiger partial charge in [-0.1, -0.05) is 0 Å². The van der Waals surface area contributed by atoms with Crippen molar-refractivity contribution in [2.75, 3.05) is 7.11 Å². The molecule has 14 heavy (non-hydrogen) atoms. The van der Waals surface area contributed by atoms with Crippen LogP contribution < -0.4 is 0 Å². The highest BCUT2D eigenvalue weighted by Crippen LogP contribution is 2.10. The summed E-state index contributed by atoms with van der Waals surface area (Å²) in [7, 11) is 1.34. The van der Waals surface area contributed by atoms with Gasteiger partial charge in [-0.25, -0.2) is 14.8 Å². The van der Waals surface area contributed by atoms with Gasteiger partial charge in [-0.2, -0.15) is 0 Å². The molecule has 0 aliphatic carbocycles. The molecule has 0 aliphatic heterocycles. The Balaban J connectivity index is 2.89. The molecule has 1 aromatic heterocycles. The first-order valence-corrected chi connectivity index (χ1v) is 4.18. The van der Waals surface area contributed by atoms with Crippen LogP contribution in [-0.4, -0.2) is 23.0 Å². The molecule has 0 spiro atoms. The molecule has 0 unspecified atom stereocenters. The molecule has 0 radical (unpaired) electrons. The van der Waals surface area contributed by atoms with E-state index < -0.39 is 0 Å². The predicted octanol–water partition coefficient (Wildman–Crippen LogP) is 1.36. The Morgan fingerprint density at radius 3 is 2.50 bits per heavy atom. The number of hydrogen-bond acceptors (Lipinski definition) is 4. The van der Waals surface area contributed by atoms with E-state index in [0.717, 1.165) is 11.1 Å². The van der Waals surface area contributed by atoms with Crippen LogP contribution in [0, 0.1) is 6.92 Å². The van der Waals surface area contributed by atoms with Gasteiger partial charge in [0.2, 0.25) is 0 Å². The molecule has 0 amide bonds. The van der Waals surface area contributed by atoms with Gasteiger partial charge in [0.25, 0.3) is 0 Å². The first kappa shape index (κ1) is 10.4. The van der Waals surface area contributed by atoms with Crippen LogP contribution in [0.4, 0.5) is 0 Å². The minimum absolute atomic E-state index is 0.372. The SMILES string of the molecule is COC(=O)/C=C(/C)c1cnc(C)nc1. The van der Waals surface area contributed by atoms with E-state index in [9.17, 15) is 4.79 Å². The zero-order valence-corrected chi connectivity index (χ0v) is 8.44. The Hall–Kier alpha value is -1.71. The molecule has 0 aromatic carbocycles. The van der Waals surface area contributed by atoms with E-state index in [1.807, 2.05) is 13.8 Å². The average molecular weight is 192 g/mol. The summed E-state index contributed by atoms with van der Waals surface area (Å²) >= 11 is 0. The van der Waals surface area contributed by atoms with Crippen molar-refractivity contribution in [3.05, 3.63) is 29.9 Å². The summed E-state index contributed by atoms with van der Waals surface area (Å²) < 4.78 is 4.51. The molecule has 1 rings (SSSR count). The molecule has 0 saturated heterocycles. The van der Waals surface area contributed by atoms with Crippen LogP contribution in [0.25, 0.3) is 5.57 Å². The molecule has 4 nitrogen and oxygen atoms in total. The summed E-state index contributed by atoms with van der Waals surface area (Å²) in [5.41, 5.74) is 1.61. The smallest absolute Gasteiger partial charge is 0.330 e. The zero-order valence-electron chi connectivity index (χ0n) is 8.44. The molecule has 0 fully saturated rings. The molecular formula is C10H12N2O2. The Morgan fingerprint density at radius 2 is 2.00 bits per heavy atom. The number of nitrogens with zero attached hydrogens (tertiary/aromatic N) is 2. The fourth-order valence-corrected chi connectivity index (χ4v) is 0.915. The molecular weight excluding hydrogens is 180 g/mol. The van der Waals surface area contributed by atoms with Gasteiger partial charge in [-0.15, -0.1) is 0 Å². The first-order valence-electron chi connectivity index (χ1n) is 4.18. The number of carbonyl (C=O) groups excluding carboxylic acids is 1. The molecule has 4 heteroatoms. The van der Waals surface area contributed by atoms with Gasteiger partial charge in [0.1, 0.15) is 5.82 Å². The summed E-state index contributed by atoms with van der Waals surface area (Å²) in [6, 6.07) is 0. The maximum absolute atomic E-state index is 10.9. The monoisotopic (exact) mass is 192 g/mol. The predicted molar refractivity (Wildman–Crippen MR) is 52.4 cm³/mol. The van der Waals surface area contributed by atoms with Gasteiger partial charge in [0.15, 0.2) is 0 Å². The Labute approximate surface area is 82.6 Å². The number of allylic oxidation sites excluding steroid dienone is 1. The second kappa shape index (κ2) is 4.50. The topological polar surface area (TPSA) is 52.1 Å². The molecule has 0 saturated carbocycles. The van der Waals surface area contributed by atoms with Crippen molar-refractivity contribution in [1.29, 1.82) is 0 Å². The Kier molecular flexibility index (Phi) is 3.34. The number of rotatable bonds is 2. The first-order chi connectivity index (χ1) is 6.63. The molecule has 1 heterocycles. The van der Waals surface area contributed by atoms with Crippen LogP contribution in [0.2, 0.25) is 0 Å². The fourth-order valence-electron chi connectivity index (χ4n) is 0.915. The highest BCUT2D eigenvalue weighted by Gasteiger charge is 2.00. The van der Waals surface area contributed by atoms with Crippen LogP contribution in [-0.2, 0) is 9.53 Å². The molecule has 0 bridgehead atoms. The number of hydrogen-bond donors (Lipinski definition) is 0. The third kappa shape index (κ3) is 2.65. The second-order valence-electron chi connectivity index (χ2n) is 2.87. The minimum atomic E-state index is -0.372. The fraction of sp³-hybridized carbons (Fsp3) is 0.300. The Bertz CT molecular complexity index is 355. The van der Waals surface area contributed by atoms with Crippen LogP contribution in [0.15, 0.2) is 18.5 Å². The highest BCUT2D eigenvalue weighted by molar-refractivity contribution is 5.90. The van der Waals surface area contributed by atoms with E-state index in [4.69, 9.17) is 0 Å². The standard InChI is InChI=1S/C10H12N2O2/c1-7(4-10(13)14-3)9-5-11-8(2)12-6-9/h4-6H,1-3H3/b7-4-. The van der Waals surface area contributed by atoms with Crippen molar-refractivity contribution in [3.8, 4) is 0 Å². The maximum Gasteiger partial charge on any atom is 0.330 e. The zero-order chi connectivity index (χ0) is 10.6. The molecule has 0 aliphatic rings. The van der Waals surface area contributed by atoms with Crippen molar-refractivity contribution in [3.63, 3.8) is 0 Å². The van der Waals surface area contributed by atoms with Gasteiger partial charge in [0, 0.05) is 24.0 Å². The molecule has 1 aromatic rings. The van der Waals surface area contributed by atoms with Crippen LogP contribution in [0.5, 0.6) is 0 Å². The second-order valence-corrected chi connectivity index (χ2v) is 2.87. The van der Waals surface area contributed by atoms with E-state index in [1.165, 1.54) is 13.2 Å². The third-order valence-corrected chi connectivity index (χ3v) is 1.77. The molecule has 74 valence electrons. The number of aryl methyl sites for hydroxylation is 1. The van der Waals surface area contributed by atoms with Gasteiger partial charge in [0.05, 0.1) is 7.11 Å². The lowest BCUT2D eigenvalue weighted by Crippen LogP contribution is -1.96. The lowest BCUT2D eigenvalue weighted by molar-refractivity contribution is -0.134. The van der Waals surface area contributed by atoms with E-state index in [0.29, 0.717) is 5.82 Å². The van der Waals surface area contributed by atoms with Crippen molar-refractivity contribution < 1.29 is 9.53 Å². The Morgan fingerprint density at radius 1 is 1.43 bits per heavy atom. The number of ether oxygens (including phenoxy) is 1. The van der Waals surface area contributed by atoms with E-state index in [1.54, 1.807) is 12.4 Å². The summed E-state index contributed by atoms with van der Waals surface area (Å²) in [5, 5.41) is 0. The van der Waals surface area contributed by atoms with Crippen LogP contribution in [0.3, 0.4) is 0 Å². The van der Waals surface area contributed by atoms with Crippen LogP contribution >= 0.6 is 0 Å². The summed E-state index contributed by atoms with van der Waals surface area (Å²) in [4.78, 5) is 19.0. The van der Waals surface area contributed by atoms with Gasteiger partial charge < -0.3 is 4.74 Å². The number of esters is 1. The maximum atomic E-state index is 10.9. The van der Waals surface area contributed by atoms with Crippen molar-refractivity contribution in [2.45, 2.75) is 13.8 Å². The van der Waals surface area contributed by atoms with Crippen molar-refractivity contribution in [1.82, 2.24) is 9.97 Å². The largest absolute Gasteiger partial charge is 0.466 e. The van der Waals surface area contributed by atoms with Gasteiger partial charge >= 0.3 is 5.97 Å². The van der Waals surface area contributed by atoms with Crippen LogP contribution in [0.1, 0.15) is 18.3 Å². The summed E-state index contributed by atoms with van der Waals surface area (Å²) in [6.45, 7) is 3.62. The third-order valence-electron chi connectivity index (χ3n) is 1.77. The van der Waals surface area contributed by atoms with Gasteiger partial charge in [-0.05, 0) is 19.4 Å². The lowest BCUT2D eigenvalue weighted by Gasteiger charge is -2.00. The average Bonchev–Trinajstić information content (AvgIpc) is 2.18. The van der Waals surface area contributed by atoms with E-state index in [-0.39, 0.29) is 5.97 Å². The normalized spacial score (nSPS) is 11.2.